The van der Waals surface area contributed by atoms with Gasteiger partial charge >= 0.3 is 6.03 Å². The Bertz CT molecular complexity index is 416. The van der Waals surface area contributed by atoms with E-state index < -0.39 is 5.54 Å². The quantitative estimate of drug-likeness (QED) is 0.705. The zero-order valence-corrected chi connectivity index (χ0v) is 11.8. The fraction of sp³-hybridized carbons (Fsp3) is 0.500. The first-order valence-corrected chi connectivity index (χ1v) is 6.06. The monoisotopic (exact) mass is 249 g/mol. The maximum absolute atomic E-state index is 11.9. The minimum absolute atomic E-state index is 0.177. The summed E-state index contributed by atoms with van der Waals surface area (Å²) in [5, 5.41) is 5.84. The van der Waals surface area contributed by atoms with E-state index in [0.717, 1.165) is 5.56 Å². The van der Waals surface area contributed by atoms with Gasteiger partial charge < -0.3 is 16.4 Å². The smallest absolute Gasteiger partial charge is 0.315 e. The highest BCUT2D eigenvalue weighted by atomic mass is 16.2. The lowest BCUT2D eigenvalue weighted by atomic mass is 9.94. The molecule has 0 radical (unpaired) electrons. The first-order chi connectivity index (χ1) is 8.10. The summed E-state index contributed by atoms with van der Waals surface area (Å²) >= 11 is 0. The maximum Gasteiger partial charge on any atom is 0.315 e. The van der Waals surface area contributed by atoms with E-state index in [-0.39, 0.29) is 11.6 Å². The molecule has 4 nitrogen and oxygen atoms in total. The minimum Gasteiger partial charge on any atom is -0.399 e. The highest BCUT2D eigenvalue weighted by molar-refractivity contribution is 5.75. The second kappa shape index (κ2) is 4.88. The van der Waals surface area contributed by atoms with Gasteiger partial charge in [0.05, 0.1) is 5.54 Å². The second-order valence-electron chi connectivity index (χ2n) is 6.08. The molecule has 0 aliphatic heterocycles. The molecule has 0 atom stereocenters. The Kier molecular flexibility index (Phi) is 3.89. The van der Waals surface area contributed by atoms with Crippen molar-refractivity contribution in [1.82, 2.24) is 10.6 Å². The molecule has 100 valence electrons. The number of nitrogens with two attached hydrogens (primary N) is 1. The lowest BCUT2D eigenvalue weighted by Gasteiger charge is -2.30. The number of anilines is 1. The number of hydrogen-bond acceptors (Lipinski definition) is 2. The van der Waals surface area contributed by atoms with Gasteiger partial charge in [-0.15, -0.1) is 0 Å². The van der Waals surface area contributed by atoms with Crippen molar-refractivity contribution in [3.05, 3.63) is 29.8 Å². The lowest BCUT2D eigenvalue weighted by molar-refractivity contribution is 0.221. The first kappa shape index (κ1) is 14.4. The molecule has 4 N–H and O–H groups in total. The molecular formula is C14H23N3O. The maximum atomic E-state index is 11.9. The summed E-state index contributed by atoms with van der Waals surface area (Å²) in [5.74, 6) is 0. The summed E-state index contributed by atoms with van der Waals surface area (Å²) in [5.41, 5.74) is 6.70. The van der Waals surface area contributed by atoms with Crippen LogP contribution in [0.15, 0.2) is 24.3 Å². The van der Waals surface area contributed by atoms with Crippen LogP contribution in [0.5, 0.6) is 0 Å². The number of carbonyl (C=O) groups excluding carboxylic acids is 1. The molecule has 2 amide bonds. The molecule has 0 aliphatic rings. The van der Waals surface area contributed by atoms with Gasteiger partial charge in [-0.25, -0.2) is 4.79 Å². The Balaban J connectivity index is 2.75. The summed E-state index contributed by atoms with van der Waals surface area (Å²) in [6.07, 6.45) is 0. The molecule has 0 aromatic heterocycles. The Morgan fingerprint density at radius 3 is 1.94 bits per heavy atom. The molecule has 0 bridgehead atoms. The molecule has 0 saturated carbocycles. The highest BCUT2D eigenvalue weighted by Crippen LogP contribution is 2.21. The fourth-order valence-corrected chi connectivity index (χ4v) is 1.63. The van der Waals surface area contributed by atoms with Crippen LogP contribution < -0.4 is 16.4 Å². The third-order valence-electron chi connectivity index (χ3n) is 2.55. The van der Waals surface area contributed by atoms with Crippen LogP contribution in [-0.2, 0) is 5.54 Å². The molecule has 0 fully saturated rings. The molecule has 1 rings (SSSR count). The molecule has 0 aliphatic carbocycles. The van der Waals surface area contributed by atoms with Gasteiger partial charge in [-0.1, -0.05) is 12.1 Å². The Hall–Kier alpha value is -1.71. The van der Waals surface area contributed by atoms with E-state index in [1.54, 1.807) is 0 Å². The standard InChI is InChI=1S/C14H23N3O/c1-13(2,3)16-12(18)17-14(4,5)10-6-8-11(15)9-7-10/h6-9H,15H2,1-5H3,(H2,16,17,18). The van der Waals surface area contributed by atoms with Crippen molar-refractivity contribution in [1.29, 1.82) is 0 Å². The van der Waals surface area contributed by atoms with Gasteiger partial charge in [0.2, 0.25) is 0 Å². The predicted octanol–water partition coefficient (Wildman–Crippen LogP) is 2.60. The zero-order chi connectivity index (χ0) is 14.0. The highest BCUT2D eigenvalue weighted by Gasteiger charge is 2.24. The van der Waals surface area contributed by atoms with Crippen LogP contribution in [0.1, 0.15) is 40.2 Å². The van der Waals surface area contributed by atoms with Crippen molar-refractivity contribution in [3.8, 4) is 0 Å². The van der Waals surface area contributed by atoms with E-state index in [9.17, 15) is 4.79 Å². The number of benzene rings is 1. The SMILES string of the molecule is CC(C)(C)NC(=O)NC(C)(C)c1ccc(N)cc1. The molecule has 0 heterocycles. The average Bonchev–Trinajstić information content (AvgIpc) is 2.13. The largest absolute Gasteiger partial charge is 0.399 e. The molecular weight excluding hydrogens is 226 g/mol. The third-order valence-corrected chi connectivity index (χ3v) is 2.55. The van der Waals surface area contributed by atoms with Crippen molar-refractivity contribution in [2.24, 2.45) is 0 Å². The fourth-order valence-electron chi connectivity index (χ4n) is 1.63. The minimum atomic E-state index is -0.441. The summed E-state index contributed by atoms with van der Waals surface area (Å²) in [4.78, 5) is 11.9. The van der Waals surface area contributed by atoms with Crippen molar-refractivity contribution >= 4 is 11.7 Å². The number of amides is 2. The predicted molar refractivity (Wildman–Crippen MR) is 75.3 cm³/mol. The van der Waals surface area contributed by atoms with Gasteiger partial charge in [0.1, 0.15) is 0 Å². The molecule has 0 unspecified atom stereocenters. The van der Waals surface area contributed by atoms with Crippen molar-refractivity contribution in [2.75, 3.05) is 5.73 Å². The van der Waals surface area contributed by atoms with E-state index in [4.69, 9.17) is 5.73 Å². The van der Waals surface area contributed by atoms with Crippen molar-refractivity contribution in [3.63, 3.8) is 0 Å². The van der Waals surface area contributed by atoms with Crippen molar-refractivity contribution < 1.29 is 4.79 Å². The summed E-state index contributed by atoms with van der Waals surface area (Å²) in [6, 6.07) is 7.34. The van der Waals surface area contributed by atoms with Crippen LogP contribution >= 0.6 is 0 Å². The number of rotatable bonds is 2. The topological polar surface area (TPSA) is 67.2 Å². The van der Waals surface area contributed by atoms with E-state index in [1.165, 1.54) is 0 Å². The van der Waals surface area contributed by atoms with Gasteiger partial charge in [0.25, 0.3) is 0 Å². The summed E-state index contributed by atoms with van der Waals surface area (Å²) < 4.78 is 0. The van der Waals surface area contributed by atoms with Gasteiger partial charge in [0.15, 0.2) is 0 Å². The van der Waals surface area contributed by atoms with E-state index in [0.29, 0.717) is 5.69 Å². The van der Waals surface area contributed by atoms with Gasteiger partial charge in [-0.3, -0.25) is 0 Å². The van der Waals surface area contributed by atoms with E-state index >= 15 is 0 Å². The van der Waals surface area contributed by atoms with Crippen LogP contribution in [0.4, 0.5) is 10.5 Å². The van der Waals surface area contributed by atoms with Crippen LogP contribution in [0, 0.1) is 0 Å². The second-order valence-corrected chi connectivity index (χ2v) is 6.08. The summed E-state index contributed by atoms with van der Waals surface area (Å²) in [6.45, 7) is 9.76. The Morgan fingerprint density at radius 2 is 1.50 bits per heavy atom. The number of nitrogens with one attached hydrogen (secondary N) is 2. The van der Waals surface area contributed by atoms with E-state index in [2.05, 4.69) is 10.6 Å². The van der Waals surface area contributed by atoms with Crippen LogP contribution in [0.2, 0.25) is 0 Å². The Morgan fingerprint density at radius 1 is 1.00 bits per heavy atom. The molecule has 0 spiro atoms. The van der Waals surface area contributed by atoms with Gasteiger partial charge in [0, 0.05) is 11.2 Å². The summed E-state index contributed by atoms with van der Waals surface area (Å²) in [7, 11) is 0. The first-order valence-electron chi connectivity index (χ1n) is 6.06. The molecule has 18 heavy (non-hydrogen) atoms. The third kappa shape index (κ3) is 4.28. The molecule has 4 heteroatoms. The van der Waals surface area contributed by atoms with E-state index in [1.807, 2.05) is 58.9 Å². The van der Waals surface area contributed by atoms with Crippen LogP contribution in [0.3, 0.4) is 0 Å². The number of urea groups is 1. The van der Waals surface area contributed by atoms with Gasteiger partial charge in [-0.2, -0.15) is 0 Å². The molecule has 1 aromatic carbocycles. The van der Waals surface area contributed by atoms with Crippen LogP contribution in [-0.4, -0.2) is 11.6 Å². The normalized spacial score (nSPS) is 12.1. The lowest BCUT2D eigenvalue weighted by Crippen LogP contribution is -2.52. The molecule has 0 saturated heterocycles. The number of carbonyl (C=O) groups is 1. The van der Waals surface area contributed by atoms with Crippen LogP contribution in [0.25, 0.3) is 0 Å². The number of nitrogen functional groups attached to an aromatic ring is 1. The Labute approximate surface area is 109 Å². The average molecular weight is 249 g/mol. The van der Waals surface area contributed by atoms with Crippen molar-refractivity contribution in [2.45, 2.75) is 45.7 Å². The number of hydrogen-bond donors (Lipinski definition) is 3. The van der Waals surface area contributed by atoms with Gasteiger partial charge in [-0.05, 0) is 52.3 Å². The zero-order valence-electron chi connectivity index (χ0n) is 11.8. The molecule has 1 aromatic rings.